The molecule has 4 heterocycles. The quantitative estimate of drug-likeness (QED) is 0.0818. The first kappa shape index (κ1) is 45.6. The highest BCUT2D eigenvalue weighted by molar-refractivity contribution is 5.76. The molecule has 0 radical (unpaired) electrons. The first-order chi connectivity index (χ1) is 28.3. The number of hydrogen-bond acceptors (Lipinski definition) is 10. The number of nitrogens with zero attached hydrogens (tertiary/aromatic N) is 2. The lowest BCUT2D eigenvalue weighted by atomic mass is 9.99. The van der Waals surface area contributed by atoms with Gasteiger partial charge >= 0.3 is 0 Å². The van der Waals surface area contributed by atoms with Crippen molar-refractivity contribution in [2.45, 2.75) is 147 Å². The van der Waals surface area contributed by atoms with Crippen molar-refractivity contribution in [1.82, 2.24) is 15.1 Å². The SMILES string of the molecule is C=C([C@H](N)[C@@H](O)c1ccc2c(c1)OCCO2)N1CCCC1.CCCCCCCCCCCCCCCC(=O)N[C@@H](CN1CCCC1)[C@@H](O)c1ccc2c(c1)OCCO2. The highest BCUT2D eigenvalue weighted by Gasteiger charge is 2.29. The van der Waals surface area contributed by atoms with Crippen LogP contribution < -0.4 is 30.0 Å². The lowest BCUT2D eigenvalue weighted by molar-refractivity contribution is -0.123. The number of rotatable bonds is 23. The van der Waals surface area contributed by atoms with Gasteiger partial charge in [0.15, 0.2) is 23.0 Å². The Kier molecular flexibility index (Phi) is 19.8. The molecule has 11 heteroatoms. The van der Waals surface area contributed by atoms with E-state index in [1.807, 2.05) is 30.3 Å². The highest BCUT2D eigenvalue weighted by Crippen LogP contribution is 2.35. The van der Waals surface area contributed by atoms with Gasteiger partial charge in [-0.15, -0.1) is 0 Å². The molecule has 2 aromatic carbocycles. The lowest BCUT2D eigenvalue weighted by Crippen LogP contribution is -2.46. The summed E-state index contributed by atoms with van der Waals surface area (Å²) in [6, 6.07) is 10.2. The molecule has 0 unspecified atom stereocenters. The van der Waals surface area contributed by atoms with Gasteiger partial charge in [-0.05, 0) is 80.6 Å². The van der Waals surface area contributed by atoms with Crippen molar-refractivity contribution >= 4 is 5.91 Å². The van der Waals surface area contributed by atoms with Gasteiger partial charge in [-0.3, -0.25) is 4.79 Å². The summed E-state index contributed by atoms with van der Waals surface area (Å²) < 4.78 is 22.4. The average Bonchev–Trinajstić information content (AvgIpc) is 4.00. The zero-order valence-corrected chi connectivity index (χ0v) is 35.5. The number of carbonyl (C=O) groups excluding carboxylic acids is 1. The number of amides is 1. The number of hydrogen-bond donors (Lipinski definition) is 4. The third kappa shape index (κ3) is 14.6. The number of unbranched alkanes of at least 4 members (excludes halogenated alkanes) is 12. The van der Waals surface area contributed by atoms with Gasteiger partial charge in [0.1, 0.15) is 32.5 Å². The highest BCUT2D eigenvalue weighted by atomic mass is 16.6. The van der Waals surface area contributed by atoms with Gasteiger partial charge in [-0.2, -0.15) is 0 Å². The van der Waals surface area contributed by atoms with Crippen LogP contribution in [0, 0.1) is 0 Å². The standard InChI is InChI=1S/C31H52N2O4.C16H22N2O3/c1-2-3-4-5-6-7-8-9-10-11-12-13-14-17-30(34)32-27(25-33-20-15-16-21-33)31(35)26-18-19-28-29(24-26)37-23-22-36-28;1-11(18-6-2-3-7-18)15(17)16(19)12-4-5-13-14(10-12)21-9-8-20-13/h18-19,24,27,31,35H,2-17,20-23,25H2,1H3,(H,32,34);4-5,10,15-16,19H,1-3,6-9,17H2/t27-,31-;15-,16-/m00/s1. The van der Waals surface area contributed by atoms with Gasteiger partial charge < -0.3 is 50.0 Å². The first-order valence-electron chi connectivity index (χ1n) is 22.7. The summed E-state index contributed by atoms with van der Waals surface area (Å²) in [5.74, 6) is 2.80. The smallest absolute Gasteiger partial charge is 0.220 e. The van der Waals surface area contributed by atoms with Gasteiger partial charge in [-0.1, -0.05) is 103 Å². The zero-order chi connectivity index (χ0) is 41.0. The minimum atomic E-state index is -0.797. The van der Waals surface area contributed by atoms with Gasteiger partial charge in [0.25, 0.3) is 0 Å². The Morgan fingerprint density at radius 3 is 1.64 bits per heavy atom. The number of fused-ring (bicyclic) bond motifs is 2. The van der Waals surface area contributed by atoms with E-state index in [0.29, 0.717) is 62.4 Å². The molecule has 0 aliphatic carbocycles. The van der Waals surface area contributed by atoms with Crippen LogP contribution >= 0.6 is 0 Å². The third-order valence-corrected chi connectivity index (χ3v) is 11.9. The molecule has 2 fully saturated rings. The fourth-order valence-corrected chi connectivity index (χ4v) is 8.37. The van der Waals surface area contributed by atoms with Crippen LogP contribution in [-0.4, -0.2) is 97.2 Å². The topological polar surface area (TPSA) is 139 Å². The second-order valence-corrected chi connectivity index (χ2v) is 16.6. The Morgan fingerprint density at radius 1 is 0.672 bits per heavy atom. The second-order valence-electron chi connectivity index (χ2n) is 16.6. The van der Waals surface area contributed by atoms with Crippen LogP contribution in [0.15, 0.2) is 48.7 Å². The predicted octanol–water partition coefficient (Wildman–Crippen LogP) is 7.98. The molecule has 0 spiro atoms. The summed E-state index contributed by atoms with van der Waals surface area (Å²) in [5, 5.41) is 24.9. The number of aliphatic hydroxyl groups is 2. The molecule has 2 aromatic rings. The fraction of sp³-hybridized carbons (Fsp3) is 0.681. The molecular formula is C47H74N4O7. The average molecular weight is 807 g/mol. The molecule has 4 atom stereocenters. The van der Waals surface area contributed by atoms with Crippen molar-refractivity contribution < 1.29 is 34.0 Å². The van der Waals surface area contributed by atoms with Crippen LogP contribution in [0.3, 0.4) is 0 Å². The summed E-state index contributed by atoms with van der Waals surface area (Å²) >= 11 is 0. The van der Waals surface area contributed by atoms with Crippen LogP contribution in [-0.2, 0) is 4.79 Å². The molecule has 4 aliphatic rings. The molecule has 324 valence electrons. The second kappa shape index (κ2) is 25.2. The van der Waals surface area contributed by atoms with Crippen LogP contribution in [0.4, 0.5) is 0 Å². The maximum absolute atomic E-state index is 12.8. The molecule has 4 aliphatic heterocycles. The number of ether oxygens (including phenoxy) is 4. The monoisotopic (exact) mass is 807 g/mol. The van der Waals surface area contributed by atoms with Crippen molar-refractivity contribution in [3.05, 3.63) is 59.8 Å². The van der Waals surface area contributed by atoms with Crippen molar-refractivity contribution in [3.8, 4) is 23.0 Å². The summed E-state index contributed by atoms with van der Waals surface area (Å²) in [6.07, 6.45) is 20.5. The van der Waals surface area contributed by atoms with Crippen LogP contribution in [0.25, 0.3) is 0 Å². The van der Waals surface area contributed by atoms with Gasteiger partial charge in [0.2, 0.25) is 5.91 Å². The van der Waals surface area contributed by atoms with E-state index in [-0.39, 0.29) is 11.9 Å². The molecular weight excluding hydrogens is 733 g/mol. The fourth-order valence-electron chi connectivity index (χ4n) is 8.37. The van der Waals surface area contributed by atoms with Crippen molar-refractivity contribution in [2.24, 2.45) is 5.73 Å². The largest absolute Gasteiger partial charge is 0.486 e. The van der Waals surface area contributed by atoms with Gasteiger partial charge in [-0.25, -0.2) is 0 Å². The lowest BCUT2D eigenvalue weighted by Gasteiger charge is -2.29. The molecule has 5 N–H and O–H groups in total. The summed E-state index contributed by atoms with van der Waals surface area (Å²) in [7, 11) is 0. The molecule has 0 bridgehead atoms. The predicted molar refractivity (Wildman–Crippen MR) is 231 cm³/mol. The van der Waals surface area contributed by atoms with Crippen LogP contribution in [0.1, 0.15) is 146 Å². The van der Waals surface area contributed by atoms with Gasteiger partial charge in [0, 0.05) is 31.8 Å². The van der Waals surface area contributed by atoms with Crippen molar-refractivity contribution in [2.75, 3.05) is 59.2 Å². The number of aliphatic hydroxyl groups excluding tert-OH is 2. The zero-order valence-electron chi connectivity index (χ0n) is 35.5. The van der Waals surface area contributed by atoms with Crippen molar-refractivity contribution in [1.29, 1.82) is 0 Å². The minimum Gasteiger partial charge on any atom is -0.486 e. The summed E-state index contributed by atoms with van der Waals surface area (Å²) in [6.45, 7) is 13.1. The molecule has 0 aromatic heterocycles. The van der Waals surface area contributed by atoms with E-state index in [1.165, 1.54) is 83.5 Å². The summed E-state index contributed by atoms with van der Waals surface area (Å²) in [5.41, 5.74) is 8.47. The normalized spacial score (nSPS) is 18.2. The maximum atomic E-state index is 12.8. The van der Waals surface area contributed by atoms with E-state index in [4.69, 9.17) is 24.7 Å². The Morgan fingerprint density at radius 2 is 1.12 bits per heavy atom. The van der Waals surface area contributed by atoms with E-state index in [9.17, 15) is 15.0 Å². The first-order valence-corrected chi connectivity index (χ1v) is 22.7. The number of likely N-dealkylation sites (tertiary alicyclic amines) is 2. The molecule has 6 rings (SSSR count). The van der Waals surface area contributed by atoms with Gasteiger partial charge in [0.05, 0.1) is 18.2 Å². The van der Waals surface area contributed by atoms with E-state index in [1.54, 1.807) is 6.07 Å². The molecule has 58 heavy (non-hydrogen) atoms. The molecule has 11 nitrogen and oxygen atoms in total. The Bertz CT molecular complexity index is 1510. The summed E-state index contributed by atoms with van der Waals surface area (Å²) in [4.78, 5) is 17.3. The minimum absolute atomic E-state index is 0.0452. The number of nitrogens with two attached hydrogens (primary N) is 1. The Balaban J connectivity index is 0.000000256. The van der Waals surface area contributed by atoms with Crippen LogP contribution in [0.2, 0.25) is 0 Å². The Hall–Kier alpha value is -3.51. The number of benzene rings is 2. The molecule has 2 saturated heterocycles. The Labute approximate surface area is 348 Å². The van der Waals surface area contributed by atoms with E-state index in [0.717, 1.165) is 68.7 Å². The third-order valence-electron chi connectivity index (χ3n) is 11.9. The number of nitrogens with one attached hydrogen (secondary N) is 1. The van der Waals surface area contributed by atoms with E-state index in [2.05, 4.69) is 28.6 Å². The van der Waals surface area contributed by atoms with E-state index >= 15 is 0 Å². The molecule has 0 saturated carbocycles. The number of carbonyl (C=O) groups is 1. The maximum Gasteiger partial charge on any atom is 0.220 e. The molecule has 1 amide bonds. The van der Waals surface area contributed by atoms with Crippen LogP contribution in [0.5, 0.6) is 23.0 Å². The van der Waals surface area contributed by atoms with E-state index < -0.39 is 18.2 Å². The van der Waals surface area contributed by atoms with Crippen molar-refractivity contribution in [3.63, 3.8) is 0 Å².